The van der Waals surface area contributed by atoms with E-state index in [1.165, 1.54) is 135 Å². The normalized spacial score (nSPS) is 11.4. The molecule has 0 unspecified atom stereocenters. The van der Waals surface area contributed by atoms with Crippen molar-refractivity contribution in [1.29, 1.82) is 0 Å². The molecule has 0 aliphatic rings. The molecule has 0 atom stereocenters. The van der Waals surface area contributed by atoms with Crippen LogP contribution >= 0.6 is 0 Å². The van der Waals surface area contributed by atoms with Gasteiger partial charge in [0.15, 0.2) is 0 Å². The van der Waals surface area contributed by atoms with E-state index in [0.717, 1.165) is 19.3 Å². The molecule has 1 aromatic carbocycles. The number of unbranched alkanes of at least 4 members (excludes halogenated alkanes) is 18. The zero-order valence-corrected chi connectivity index (χ0v) is 23.7. The van der Waals surface area contributed by atoms with E-state index in [-0.39, 0.29) is 0 Å². The summed E-state index contributed by atoms with van der Waals surface area (Å²) >= 11 is 0. The second-order valence-electron chi connectivity index (χ2n) is 11.0. The van der Waals surface area contributed by atoms with Crippen LogP contribution in [-0.2, 0) is 19.3 Å². The van der Waals surface area contributed by atoms with Crippen molar-refractivity contribution in [2.45, 2.75) is 154 Å². The maximum atomic E-state index is 8.90. The van der Waals surface area contributed by atoms with Crippen LogP contribution in [0.25, 0.3) is 0 Å². The first-order valence-electron chi connectivity index (χ1n) is 15.7. The van der Waals surface area contributed by atoms with Gasteiger partial charge in [0.25, 0.3) is 0 Å². The Morgan fingerprint density at radius 3 is 0.694 bits per heavy atom. The number of hydrogen-bond acceptors (Lipinski definition) is 3. The Morgan fingerprint density at radius 1 is 0.278 bits per heavy atom. The SMILES string of the molecule is OCCCCCCCCCc1cc(CCCCCCCCCO)cc(CCCCCCCCCO)c1. The molecule has 1 aromatic rings. The van der Waals surface area contributed by atoms with Gasteiger partial charge in [0.2, 0.25) is 0 Å². The summed E-state index contributed by atoms with van der Waals surface area (Å²) in [5.41, 5.74) is 4.65. The molecule has 0 saturated heterocycles. The highest BCUT2D eigenvalue weighted by Gasteiger charge is 2.04. The molecule has 0 amide bonds. The molecule has 0 aliphatic carbocycles. The summed E-state index contributed by atoms with van der Waals surface area (Å²) in [6.45, 7) is 1.02. The van der Waals surface area contributed by atoms with Crippen LogP contribution in [0.5, 0.6) is 0 Å². The van der Waals surface area contributed by atoms with Gasteiger partial charge in [-0.2, -0.15) is 0 Å². The van der Waals surface area contributed by atoms with Crippen LogP contribution in [0.4, 0.5) is 0 Å². The summed E-state index contributed by atoms with van der Waals surface area (Å²) in [4.78, 5) is 0. The van der Waals surface area contributed by atoms with Gasteiger partial charge in [-0.05, 0) is 74.5 Å². The van der Waals surface area contributed by atoms with Crippen molar-refractivity contribution in [3.63, 3.8) is 0 Å². The average Bonchev–Trinajstić information content (AvgIpc) is 2.89. The van der Waals surface area contributed by atoms with Crippen molar-refractivity contribution in [3.8, 4) is 0 Å². The summed E-state index contributed by atoms with van der Waals surface area (Å²) in [5, 5.41) is 26.7. The van der Waals surface area contributed by atoms with Gasteiger partial charge in [-0.15, -0.1) is 0 Å². The van der Waals surface area contributed by atoms with Gasteiger partial charge < -0.3 is 15.3 Å². The minimum atomic E-state index is 0.341. The van der Waals surface area contributed by atoms with E-state index >= 15 is 0 Å². The van der Waals surface area contributed by atoms with Gasteiger partial charge in [0, 0.05) is 19.8 Å². The highest BCUT2D eigenvalue weighted by Crippen LogP contribution is 2.19. The molecule has 0 saturated carbocycles. The van der Waals surface area contributed by atoms with Crippen LogP contribution in [0.3, 0.4) is 0 Å². The van der Waals surface area contributed by atoms with Gasteiger partial charge in [-0.1, -0.05) is 115 Å². The lowest BCUT2D eigenvalue weighted by Crippen LogP contribution is -1.96. The number of aliphatic hydroxyl groups is 3. The molecule has 36 heavy (non-hydrogen) atoms. The predicted molar refractivity (Wildman–Crippen MR) is 156 cm³/mol. The molecule has 0 aromatic heterocycles. The third-order valence-corrected chi connectivity index (χ3v) is 7.48. The van der Waals surface area contributed by atoms with E-state index in [1.54, 1.807) is 16.7 Å². The third kappa shape index (κ3) is 20.2. The van der Waals surface area contributed by atoms with Crippen molar-refractivity contribution in [2.24, 2.45) is 0 Å². The van der Waals surface area contributed by atoms with Crippen molar-refractivity contribution < 1.29 is 15.3 Å². The summed E-state index contributed by atoms with van der Waals surface area (Å²) in [6, 6.07) is 7.48. The predicted octanol–water partition coefficient (Wildman–Crippen LogP) is 8.48. The number of aliphatic hydroxyl groups excluding tert-OH is 3. The fourth-order valence-corrected chi connectivity index (χ4v) is 5.25. The molecule has 0 heterocycles. The lowest BCUT2D eigenvalue weighted by atomic mass is 9.95. The lowest BCUT2D eigenvalue weighted by Gasteiger charge is -2.11. The lowest BCUT2D eigenvalue weighted by molar-refractivity contribution is 0.282. The molecule has 210 valence electrons. The maximum Gasteiger partial charge on any atom is 0.0431 e. The Morgan fingerprint density at radius 2 is 0.472 bits per heavy atom. The van der Waals surface area contributed by atoms with Crippen LogP contribution in [0, 0.1) is 0 Å². The first kappa shape index (κ1) is 33.1. The van der Waals surface area contributed by atoms with Crippen LogP contribution < -0.4 is 0 Å². The molecule has 0 bridgehead atoms. The quantitative estimate of drug-likeness (QED) is 0.105. The number of rotatable bonds is 27. The molecule has 0 spiro atoms. The largest absolute Gasteiger partial charge is 0.396 e. The van der Waals surface area contributed by atoms with Gasteiger partial charge in [0.1, 0.15) is 0 Å². The van der Waals surface area contributed by atoms with Gasteiger partial charge in [-0.25, -0.2) is 0 Å². The second kappa shape index (κ2) is 25.7. The minimum absolute atomic E-state index is 0.341. The Labute approximate surface area is 224 Å². The summed E-state index contributed by atoms with van der Waals surface area (Å²) in [5.74, 6) is 0. The Balaban J connectivity index is 2.40. The van der Waals surface area contributed by atoms with E-state index in [9.17, 15) is 0 Å². The summed E-state index contributed by atoms with van der Waals surface area (Å²) in [6.07, 6.45) is 29.6. The molecule has 3 nitrogen and oxygen atoms in total. The van der Waals surface area contributed by atoms with Crippen LogP contribution in [-0.4, -0.2) is 35.1 Å². The molecule has 1 rings (SSSR count). The third-order valence-electron chi connectivity index (χ3n) is 7.48. The van der Waals surface area contributed by atoms with Gasteiger partial charge in [0.05, 0.1) is 0 Å². The highest BCUT2D eigenvalue weighted by atomic mass is 16.3. The summed E-state index contributed by atoms with van der Waals surface area (Å²) in [7, 11) is 0. The zero-order valence-electron chi connectivity index (χ0n) is 23.7. The maximum absolute atomic E-state index is 8.90. The van der Waals surface area contributed by atoms with Crippen molar-refractivity contribution >= 4 is 0 Å². The highest BCUT2D eigenvalue weighted by molar-refractivity contribution is 5.30. The Bertz CT molecular complexity index is 493. The second-order valence-corrected chi connectivity index (χ2v) is 11.0. The molecular formula is C33H60O3. The van der Waals surface area contributed by atoms with E-state index in [0.29, 0.717) is 19.8 Å². The molecule has 0 fully saturated rings. The number of benzene rings is 1. The van der Waals surface area contributed by atoms with Crippen molar-refractivity contribution in [2.75, 3.05) is 19.8 Å². The molecule has 0 aliphatic heterocycles. The standard InChI is InChI=1S/C33H60O3/c34-25-19-13-7-1-4-10-16-22-31-28-32(23-17-11-5-2-8-14-20-26-35)30-33(29-31)24-18-12-6-3-9-15-21-27-36/h28-30,34-36H,1-27H2. The van der Waals surface area contributed by atoms with E-state index in [2.05, 4.69) is 18.2 Å². The van der Waals surface area contributed by atoms with Crippen molar-refractivity contribution in [3.05, 3.63) is 34.9 Å². The molecule has 0 radical (unpaired) electrons. The average molecular weight is 505 g/mol. The fraction of sp³-hybridized carbons (Fsp3) is 0.818. The summed E-state index contributed by atoms with van der Waals surface area (Å²) < 4.78 is 0. The van der Waals surface area contributed by atoms with Gasteiger partial charge in [-0.3, -0.25) is 0 Å². The van der Waals surface area contributed by atoms with Crippen molar-refractivity contribution in [1.82, 2.24) is 0 Å². The first-order chi connectivity index (χ1) is 17.8. The van der Waals surface area contributed by atoms with Crippen LogP contribution in [0.2, 0.25) is 0 Å². The van der Waals surface area contributed by atoms with Crippen LogP contribution in [0.1, 0.15) is 152 Å². The zero-order chi connectivity index (χ0) is 25.9. The number of hydrogen-bond donors (Lipinski definition) is 3. The Hall–Kier alpha value is -0.900. The first-order valence-corrected chi connectivity index (χ1v) is 15.7. The number of aryl methyl sites for hydroxylation is 3. The Kier molecular flexibility index (Phi) is 23.7. The molecule has 3 N–H and O–H groups in total. The topological polar surface area (TPSA) is 60.7 Å². The van der Waals surface area contributed by atoms with E-state index in [1.807, 2.05) is 0 Å². The smallest absolute Gasteiger partial charge is 0.0431 e. The van der Waals surface area contributed by atoms with E-state index in [4.69, 9.17) is 15.3 Å². The van der Waals surface area contributed by atoms with E-state index < -0.39 is 0 Å². The molecular weight excluding hydrogens is 444 g/mol. The fourth-order valence-electron chi connectivity index (χ4n) is 5.25. The van der Waals surface area contributed by atoms with Crippen LogP contribution in [0.15, 0.2) is 18.2 Å². The van der Waals surface area contributed by atoms with Gasteiger partial charge >= 0.3 is 0 Å². The minimum Gasteiger partial charge on any atom is -0.396 e. The molecule has 3 heteroatoms. The monoisotopic (exact) mass is 504 g/mol.